The lowest BCUT2D eigenvalue weighted by Crippen LogP contribution is -2.48. The number of carboxylic acids is 1. The van der Waals surface area contributed by atoms with E-state index < -0.39 is 12.0 Å². The highest BCUT2D eigenvalue weighted by molar-refractivity contribution is 5.77. The predicted octanol–water partition coefficient (Wildman–Crippen LogP) is 4.74. The van der Waals surface area contributed by atoms with Gasteiger partial charge in [0, 0.05) is 13.0 Å². The Kier molecular flexibility index (Phi) is 12.8. The molecule has 0 saturated heterocycles. The first kappa shape index (κ1) is 25.0. The number of unbranched alkanes of at least 4 members (excludes halogenated alkanes) is 7. The Labute approximate surface area is 175 Å². The van der Waals surface area contributed by atoms with Crippen LogP contribution in [0.4, 0.5) is 0 Å². The molecule has 6 heteroatoms. The van der Waals surface area contributed by atoms with Crippen LogP contribution in [0, 0.1) is 0 Å². The van der Waals surface area contributed by atoms with Gasteiger partial charge < -0.3 is 14.8 Å². The average molecular weight is 407 g/mol. The predicted molar refractivity (Wildman–Crippen MR) is 116 cm³/mol. The summed E-state index contributed by atoms with van der Waals surface area (Å²) in [5, 5.41) is 10.6. The summed E-state index contributed by atoms with van der Waals surface area (Å²) in [5.74, 6) is -0.572. The Morgan fingerprint density at radius 1 is 0.966 bits per heavy atom. The van der Waals surface area contributed by atoms with Crippen LogP contribution in [0.3, 0.4) is 0 Å². The van der Waals surface area contributed by atoms with E-state index in [9.17, 15) is 14.7 Å². The van der Waals surface area contributed by atoms with Crippen LogP contribution in [-0.2, 0) is 9.59 Å². The summed E-state index contributed by atoms with van der Waals surface area (Å²) in [6.45, 7) is 2.63. The SMILES string of the molecule is CCCCCCCCCCC(=O)N(Oc1ccccc1)[C@H](CC(=O)O)CN(C)C. The molecule has 0 aliphatic rings. The number of likely N-dealkylation sites (N-methyl/N-ethyl adjacent to an activating group) is 1. The third-order valence-corrected chi connectivity index (χ3v) is 4.75. The molecular formula is C23H38N2O4. The van der Waals surface area contributed by atoms with Gasteiger partial charge in [0.2, 0.25) is 0 Å². The summed E-state index contributed by atoms with van der Waals surface area (Å²) in [7, 11) is 3.72. The highest BCUT2D eigenvalue weighted by atomic mass is 16.7. The number of carbonyl (C=O) groups is 2. The molecule has 1 aromatic carbocycles. The largest absolute Gasteiger partial charge is 0.481 e. The molecule has 6 nitrogen and oxygen atoms in total. The zero-order valence-corrected chi connectivity index (χ0v) is 18.3. The molecule has 0 fully saturated rings. The van der Waals surface area contributed by atoms with Crippen LogP contribution in [0.2, 0.25) is 0 Å². The molecule has 1 N–H and O–H groups in total. The number of aliphatic carboxylic acids is 1. The molecule has 0 aliphatic carbocycles. The van der Waals surface area contributed by atoms with E-state index in [1.54, 1.807) is 12.1 Å². The number of hydroxylamine groups is 2. The molecule has 29 heavy (non-hydrogen) atoms. The summed E-state index contributed by atoms with van der Waals surface area (Å²) in [6, 6.07) is 8.51. The molecule has 1 amide bonds. The first-order valence-corrected chi connectivity index (χ1v) is 10.9. The number of hydrogen-bond donors (Lipinski definition) is 1. The zero-order chi connectivity index (χ0) is 21.5. The fourth-order valence-corrected chi connectivity index (χ4v) is 3.29. The van der Waals surface area contributed by atoms with Crippen molar-refractivity contribution in [3.8, 4) is 5.75 Å². The second-order valence-electron chi connectivity index (χ2n) is 7.86. The normalized spacial score (nSPS) is 12.0. The third kappa shape index (κ3) is 11.5. The fraction of sp³-hybridized carbons (Fsp3) is 0.652. The van der Waals surface area contributed by atoms with Crippen LogP contribution in [0.25, 0.3) is 0 Å². The van der Waals surface area contributed by atoms with Crippen molar-refractivity contribution in [1.29, 1.82) is 0 Å². The summed E-state index contributed by atoms with van der Waals surface area (Å²) in [4.78, 5) is 32.0. The maximum absolute atomic E-state index is 12.9. The van der Waals surface area contributed by atoms with Crippen molar-refractivity contribution in [3.05, 3.63) is 30.3 Å². The van der Waals surface area contributed by atoms with Crippen molar-refractivity contribution < 1.29 is 19.5 Å². The Morgan fingerprint density at radius 3 is 2.10 bits per heavy atom. The summed E-state index contributed by atoms with van der Waals surface area (Å²) >= 11 is 0. The smallest absolute Gasteiger partial charge is 0.305 e. The number of amides is 1. The molecule has 164 valence electrons. The number of para-hydroxylation sites is 1. The van der Waals surface area contributed by atoms with Gasteiger partial charge in [0.15, 0.2) is 5.75 Å². The molecule has 0 unspecified atom stereocenters. The molecule has 0 aliphatic heterocycles. The standard InChI is InChI=1S/C23H38N2O4/c1-4-5-6-7-8-9-10-14-17-22(26)25(29-21-15-12-11-13-16-21)20(18-23(27)28)19-24(2)3/h11-13,15-16,20H,4-10,14,17-19H2,1-3H3,(H,27,28)/t20-/m1/s1. The Morgan fingerprint density at radius 2 is 1.55 bits per heavy atom. The van der Waals surface area contributed by atoms with Crippen LogP contribution in [0.5, 0.6) is 5.75 Å². The molecule has 1 rings (SSSR count). The van der Waals surface area contributed by atoms with Crippen LogP contribution in [0.1, 0.15) is 71.1 Å². The summed E-state index contributed by atoms with van der Waals surface area (Å²) in [6.07, 6.45) is 9.44. The van der Waals surface area contributed by atoms with Gasteiger partial charge in [-0.25, -0.2) is 0 Å². The van der Waals surface area contributed by atoms with Gasteiger partial charge in [0.25, 0.3) is 5.91 Å². The molecule has 0 heterocycles. The molecule has 1 atom stereocenters. The molecule has 0 aromatic heterocycles. The van der Waals surface area contributed by atoms with Crippen molar-refractivity contribution in [2.75, 3.05) is 20.6 Å². The summed E-state index contributed by atoms with van der Waals surface area (Å²) < 4.78 is 0. The zero-order valence-electron chi connectivity index (χ0n) is 18.3. The second-order valence-corrected chi connectivity index (χ2v) is 7.86. The minimum absolute atomic E-state index is 0.159. The van der Waals surface area contributed by atoms with Gasteiger partial charge >= 0.3 is 5.97 Å². The van der Waals surface area contributed by atoms with Gasteiger partial charge in [0.1, 0.15) is 0 Å². The average Bonchev–Trinajstić information content (AvgIpc) is 2.67. The van der Waals surface area contributed by atoms with Gasteiger partial charge in [-0.2, -0.15) is 5.06 Å². The lowest BCUT2D eigenvalue weighted by atomic mass is 10.1. The van der Waals surface area contributed by atoms with E-state index in [-0.39, 0.29) is 12.3 Å². The van der Waals surface area contributed by atoms with Crippen LogP contribution in [-0.4, -0.2) is 53.6 Å². The first-order chi connectivity index (χ1) is 13.9. The lowest BCUT2D eigenvalue weighted by Gasteiger charge is -2.31. The quantitative estimate of drug-likeness (QED) is 0.317. The van der Waals surface area contributed by atoms with Gasteiger partial charge in [-0.05, 0) is 32.6 Å². The monoisotopic (exact) mass is 406 g/mol. The van der Waals surface area contributed by atoms with E-state index >= 15 is 0 Å². The minimum Gasteiger partial charge on any atom is -0.481 e. The molecule has 0 saturated carbocycles. The highest BCUT2D eigenvalue weighted by Gasteiger charge is 2.28. The Balaban J connectivity index is 2.65. The van der Waals surface area contributed by atoms with E-state index in [2.05, 4.69) is 6.92 Å². The van der Waals surface area contributed by atoms with E-state index in [1.807, 2.05) is 37.2 Å². The molecular weight excluding hydrogens is 368 g/mol. The topological polar surface area (TPSA) is 70.1 Å². The van der Waals surface area contributed by atoms with E-state index in [4.69, 9.17) is 4.84 Å². The van der Waals surface area contributed by atoms with E-state index in [0.29, 0.717) is 18.7 Å². The third-order valence-electron chi connectivity index (χ3n) is 4.75. The summed E-state index contributed by atoms with van der Waals surface area (Å²) in [5.41, 5.74) is 0. The maximum atomic E-state index is 12.9. The number of rotatable bonds is 16. The molecule has 1 aromatic rings. The van der Waals surface area contributed by atoms with E-state index in [1.165, 1.54) is 37.2 Å². The van der Waals surface area contributed by atoms with E-state index in [0.717, 1.165) is 19.3 Å². The Hall–Kier alpha value is -2.08. The van der Waals surface area contributed by atoms with Crippen molar-refractivity contribution in [2.24, 2.45) is 0 Å². The number of carboxylic acid groups (broad SMARTS) is 1. The first-order valence-electron chi connectivity index (χ1n) is 10.9. The number of nitrogens with zero attached hydrogens (tertiary/aromatic N) is 2. The molecule has 0 spiro atoms. The van der Waals surface area contributed by atoms with Gasteiger partial charge in [0.05, 0.1) is 12.5 Å². The van der Waals surface area contributed by atoms with Gasteiger partial charge in [-0.15, -0.1) is 0 Å². The number of hydrogen-bond acceptors (Lipinski definition) is 4. The second kappa shape index (κ2) is 14.9. The molecule has 0 radical (unpaired) electrons. The number of benzene rings is 1. The van der Waals surface area contributed by atoms with Crippen LogP contribution in [0.15, 0.2) is 30.3 Å². The van der Waals surface area contributed by atoms with Crippen molar-refractivity contribution in [3.63, 3.8) is 0 Å². The Bertz CT molecular complexity index is 578. The van der Waals surface area contributed by atoms with Gasteiger partial charge in [-0.3, -0.25) is 9.59 Å². The highest BCUT2D eigenvalue weighted by Crippen LogP contribution is 2.18. The van der Waals surface area contributed by atoms with Crippen molar-refractivity contribution >= 4 is 11.9 Å². The van der Waals surface area contributed by atoms with Crippen LogP contribution < -0.4 is 4.84 Å². The van der Waals surface area contributed by atoms with Crippen molar-refractivity contribution in [1.82, 2.24) is 9.96 Å². The molecule has 0 bridgehead atoms. The number of carbonyl (C=O) groups excluding carboxylic acids is 1. The van der Waals surface area contributed by atoms with Crippen molar-refractivity contribution in [2.45, 2.75) is 77.2 Å². The fourth-order valence-electron chi connectivity index (χ4n) is 3.29. The van der Waals surface area contributed by atoms with Gasteiger partial charge in [-0.1, -0.05) is 70.1 Å². The maximum Gasteiger partial charge on any atom is 0.305 e. The lowest BCUT2D eigenvalue weighted by molar-refractivity contribution is -0.170. The minimum atomic E-state index is -0.946. The van der Waals surface area contributed by atoms with Crippen LogP contribution >= 0.6 is 0 Å².